The normalized spacial score (nSPS) is 20.5. The van der Waals surface area contributed by atoms with Gasteiger partial charge >= 0.3 is 0 Å². The van der Waals surface area contributed by atoms with Crippen molar-refractivity contribution in [2.24, 2.45) is 0 Å². The van der Waals surface area contributed by atoms with Crippen LogP contribution in [0, 0.1) is 16.7 Å². The Labute approximate surface area is 147 Å². The predicted molar refractivity (Wildman–Crippen MR) is 98.2 cm³/mol. The summed E-state index contributed by atoms with van der Waals surface area (Å²) < 4.78 is 0. The highest BCUT2D eigenvalue weighted by molar-refractivity contribution is 6.10. The highest BCUT2D eigenvalue weighted by Gasteiger charge is 2.42. The van der Waals surface area contributed by atoms with Gasteiger partial charge in [0.2, 0.25) is 0 Å². The van der Waals surface area contributed by atoms with Gasteiger partial charge in [0.15, 0.2) is 0 Å². The fourth-order valence-corrected chi connectivity index (χ4v) is 3.21. The minimum absolute atomic E-state index is 0.212. The number of carbonyl (C=O) groups excluding carboxylic acids is 1. The molecule has 0 radical (unpaired) electrons. The molecule has 1 fully saturated rings. The largest absolute Gasteiger partial charge is 0.300 e. The molecule has 1 aliphatic rings. The van der Waals surface area contributed by atoms with Gasteiger partial charge in [-0.15, -0.1) is 0 Å². The topological polar surface area (TPSA) is 68.0 Å². The molecule has 0 bridgehead atoms. The molecule has 0 aliphatic carbocycles. The second-order valence-electron chi connectivity index (χ2n) is 6.57. The van der Waals surface area contributed by atoms with E-state index in [1.165, 1.54) is 4.90 Å². The predicted octanol–water partition coefficient (Wildman–Crippen LogP) is 3.88. The third kappa shape index (κ3) is 2.74. The fourth-order valence-electron chi connectivity index (χ4n) is 3.21. The van der Waals surface area contributed by atoms with Crippen molar-refractivity contribution in [3.63, 3.8) is 0 Å². The molecule has 124 valence electrons. The maximum atomic E-state index is 12.4. The molecule has 1 saturated heterocycles. The van der Waals surface area contributed by atoms with E-state index in [1.807, 2.05) is 49.4 Å². The summed E-state index contributed by atoms with van der Waals surface area (Å²) in [7, 11) is 1.61. The first-order chi connectivity index (χ1) is 11.9. The van der Waals surface area contributed by atoms with Gasteiger partial charge in [-0.25, -0.2) is 0 Å². The van der Waals surface area contributed by atoms with Crippen LogP contribution >= 0.6 is 0 Å². The van der Waals surface area contributed by atoms with Crippen LogP contribution in [0.5, 0.6) is 0 Å². The number of amides is 1. The average Bonchev–Trinajstić information content (AvgIpc) is 2.65. The van der Waals surface area contributed by atoms with Crippen molar-refractivity contribution in [3.8, 4) is 17.2 Å². The lowest BCUT2D eigenvalue weighted by Crippen LogP contribution is -2.48. The summed E-state index contributed by atoms with van der Waals surface area (Å²) in [5.41, 5.74) is 3.36. The van der Waals surface area contributed by atoms with Crippen molar-refractivity contribution in [1.29, 1.82) is 10.7 Å². The van der Waals surface area contributed by atoms with Crippen molar-refractivity contribution in [2.45, 2.75) is 18.8 Å². The number of benzene rings is 2. The molecule has 1 amide bonds. The Morgan fingerprint density at radius 2 is 1.84 bits per heavy atom. The highest BCUT2D eigenvalue weighted by atomic mass is 16.2. The minimum Gasteiger partial charge on any atom is -0.300 e. The van der Waals surface area contributed by atoms with E-state index in [2.05, 4.69) is 12.6 Å². The fraction of sp³-hybridized carbons (Fsp3) is 0.190. The number of nitriles is 1. The number of likely N-dealkylation sites (tertiary alicyclic amines) is 1. The number of nitrogens with one attached hydrogen (secondary N) is 1. The van der Waals surface area contributed by atoms with Crippen LogP contribution in [0.25, 0.3) is 11.1 Å². The SMILES string of the molecule is C=C1C(=O)N(C)C(=N)C[C@]1(C)c1cccc(-c2cccc(C#N)c2)c1. The van der Waals surface area contributed by atoms with Crippen LogP contribution in [0.2, 0.25) is 0 Å². The van der Waals surface area contributed by atoms with Crippen LogP contribution in [-0.4, -0.2) is 23.7 Å². The number of amidine groups is 1. The molecule has 25 heavy (non-hydrogen) atoms. The highest BCUT2D eigenvalue weighted by Crippen LogP contribution is 2.40. The van der Waals surface area contributed by atoms with Gasteiger partial charge in [-0.3, -0.25) is 10.2 Å². The summed E-state index contributed by atoms with van der Waals surface area (Å²) in [6, 6.07) is 17.5. The Bertz CT molecular complexity index is 938. The van der Waals surface area contributed by atoms with Gasteiger partial charge in [0.05, 0.1) is 11.6 Å². The number of likely N-dealkylation sites (N-methyl/N-ethyl adjacent to an activating group) is 1. The molecule has 0 aromatic heterocycles. The van der Waals surface area contributed by atoms with Gasteiger partial charge in [0.1, 0.15) is 5.84 Å². The third-order valence-electron chi connectivity index (χ3n) is 4.98. The maximum Gasteiger partial charge on any atom is 0.255 e. The monoisotopic (exact) mass is 329 g/mol. The zero-order chi connectivity index (χ0) is 18.2. The van der Waals surface area contributed by atoms with Crippen molar-refractivity contribution >= 4 is 11.7 Å². The molecule has 1 atom stereocenters. The van der Waals surface area contributed by atoms with Gasteiger partial charge in [-0.2, -0.15) is 5.26 Å². The molecule has 4 nitrogen and oxygen atoms in total. The molecule has 1 N–H and O–H groups in total. The quantitative estimate of drug-likeness (QED) is 0.850. The van der Waals surface area contributed by atoms with E-state index in [1.54, 1.807) is 13.1 Å². The van der Waals surface area contributed by atoms with E-state index in [0.717, 1.165) is 16.7 Å². The minimum atomic E-state index is -0.608. The van der Waals surface area contributed by atoms with Gasteiger partial charge in [-0.1, -0.05) is 49.9 Å². The Morgan fingerprint density at radius 3 is 2.52 bits per heavy atom. The molecule has 1 aliphatic heterocycles. The lowest BCUT2D eigenvalue weighted by molar-refractivity contribution is -0.124. The number of piperidine rings is 1. The number of nitrogens with zero attached hydrogens (tertiary/aromatic N) is 2. The molecule has 0 spiro atoms. The van der Waals surface area contributed by atoms with Crippen LogP contribution < -0.4 is 0 Å². The molecule has 4 heteroatoms. The van der Waals surface area contributed by atoms with Crippen LogP contribution in [0.4, 0.5) is 0 Å². The van der Waals surface area contributed by atoms with Gasteiger partial charge in [0, 0.05) is 24.5 Å². The Balaban J connectivity index is 2.07. The second-order valence-corrected chi connectivity index (χ2v) is 6.57. The lowest BCUT2D eigenvalue weighted by atomic mass is 9.70. The van der Waals surface area contributed by atoms with Gasteiger partial charge in [-0.05, 0) is 28.8 Å². The first-order valence-corrected chi connectivity index (χ1v) is 8.03. The summed E-state index contributed by atoms with van der Waals surface area (Å²) >= 11 is 0. The molecule has 3 rings (SSSR count). The van der Waals surface area contributed by atoms with Crippen LogP contribution in [0.15, 0.2) is 60.7 Å². The number of hydrogen-bond acceptors (Lipinski definition) is 3. The number of hydrogen-bond donors (Lipinski definition) is 1. The van der Waals surface area contributed by atoms with Gasteiger partial charge < -0.3 is 4.90 Å². The number of rotatable bonds is 2. The first-order valence-electron chi connectivity index (χ1n) is 8.03. The molecule has 1 heterocycles. The van der Waals surface area contributed by atoms with Crippen molar-refractivity contribution in [1.82, 2.24) is 4.90 Å². The lowest BCUT2D eigenvalue weighted by Gasteiger charge is -2.40. The smallest absolute Gasteiger partial charge is 0.255 e. The van der Waals surface area contributed by atoms with E-state index in [0.29, 0.717) is 17.6 Å². The molecule has 2 aromatic rings. The summed E-state index contributed by atoms with van der Waals surface area (Å²) in [6.07, 6.45) is 0.426. The van der Waals surface area contributed by atoms with Crippen LogP contribution in [0.3, 0.4) is 0 Å². The Kier molecular flexibility index (Phi) is 4.02. The molecular formula is C21H19N3O. The van der Waals surface area contributed by atoms with Gasteiger partial charge in [0.25, 0.3) is 5.91 Å². The standard InChI is InChI=1S/C21H19N3O/c1-14-20(25)24(3)19(23)12-21(14,2)18-9-5-8-17(11-18)16-7-4-6-15(10-16)13-22/h4-11,23H,1,12H2,2-3H3/t21-/m0/s1. The summed E-state index contributed by atoms with van der Waals surface area (Å²) in [5, 5.41) is 17.2. The summed E-state index contributed by atoms with van der Waals surface area (Å²) in [6.45, 7) is 5.97. The number of carbonyl (C=O) groups is 1. The average molecular weight is 329 g/mol. The van der Waals surface area contributed by atoms with E-state index < -0.39 is 5.41 Å². The first kappa shape index (κ1) is 16.7. The van der Waals surface area contributed by atoms with Crippen LogP contribution in [0.1, 0.15) is 24.5 Å². The Hall–Kier alpha value is -3.19. The molecule has 0 unspecified atom stereocenters. The van der Waals surface area contributed by atoms with Crippen molar-refractivity contribution in [3.05, 3.63) is 71.8 Å². The maximum absolute atomic E-state index is 12.4. The second kappa shape index (κ2) is 6.03. The van der Waals surface area contributed by atoms with Crippen molar-refractivity contribution < 1.29 is 4.79 Å². The van der Waals surface area contributed by atoms with E-state index in [-0.39, 0.29) is 11.7 Å². The zero-order valence-corrected chi connectivity index (χ0v) is 14.3. The molecule has 0 saturated carbocycles. The third-order valence-corrected chi connectivity index (χ3v) is 4.98. The van der Waals surface area contributed by atoms with Crippen LogP contribution in [-0.2, 0) is 10.2 Å². The van der Waals surface area contributed by atoms with E-state index in [9.17, 15) is 4.79 Å². The molecule has 2 aromatic carbocycles. The summed E-state index contributed by atoms with van der Waals surface area (Å²) in [4.78, 5) is 13.8. The van der Waals surface area contributed by atoms with E-state index in [4.69, 9.17) is 10.7 Å². The van der Waals surface area contributed by atoms with Crippen molar-refractivity contribution in [2.75, 3.05) is 7.05 Å². The Morgan fingerprint density at radius 1 is 1.20 bits per heavy atom. The van der Waals surface area contributed by atoms with E-state index >= 15 is 0 Å². The summed E-state index contributed by atoms with van der Waals surface area (Å²) in [5.74, 6) is 0.0763. The zero-order valence-electron chi connectivity index (χ0n) is 14.3. The molecular weight excluding hydrogens is 310 g/mol.